The molecule has 0 bridgehead atoms. The molecule has 0 radical (unpaired) electrons. The van der Waals surface area contributed by atoms with E-state index in [1.807, 2.05) is 24.3 Å². The van der Waals surface area contributed by atoms with Gasteiger partial charge in [0.1, 0.15) is 11.4 Å². The number of carbonyl (C=O) groups is 1. The number of pyridine rings is 1. The lowest BCUT2D eigenvalue weighted by Crippen LogP contribution is -2.50. The van der Waals surface area contributed by atoms with Crippen molar-refractivity contribution in [2.24, 2.45) is 0 Å². The second kappa shape index (κ2) is 6.51. The van der Waals surface area contributed by atoms with Crippen LogP contribution in [0.15, 0.2) is 54.9 Å². The fraction of sp³-hybridized carbons (Fsp3) is 0.304. The van der Waals surface area contributed by atoms with Crippen LogP contribution in [0.5, 0.6) is 5.75 Å². The molecule has 3 aromatic rings. The maximum Gasteiger partial charge on any atom is 0.319 e. The first-order valence-electron chi connectivity index (χ1n) is 9.82. The third-order valence-electron chi connectivity index (χ3n) is 5.95. The van der Waals surface area contributed by atoms with Crippen LogP contribution in [0.3, 0.4) is 0 Å². The maximum atomic E-state index is 12.8. The van der Waals surface area contributed by atoms with E-state index >= 15 is 0 Å². The first kappa shape index (κ1) is 17.0. The Morgan fingerprint density at radius 3 is 2.93 bits per heavy atom. The summed E-state index contributed by atoms with van der Waals surface area (Å²) in [5, 5.41) is 8.18. The monoisotopic (exact) mass is 373 g/mol. The standard InChI is InChI=1S/C23H23N3O2/c1-15-6-7-18-20(13-23(9-3-10-23)28-21(18)12-15)26-22(27)25-19-5-2-4-16-14-24-11-8-17(16)19/h2,4-8,11-12,14,20H,3,9-10,13H2,1H3,(H2,25,26,27). The molecule has 1 atom stereocenters. The summed E-state index contributed by atoms with van der Waals surface area (Å²) in [5.41, 5.74) is 2.89. The van der Waals surface area contributed by atoms with E-state index in [0.717, 1.165) is 47.0 Å². The molecule has 0 saturated heterocycles. The van der Waals surface area contributed by atoms with E-state index in [0.29, 0.717) is 0 Å². The SMILES string of the molecule is Cc1ccc2c(c1)OC1(CCC1)CC2NC(=O)Nc1cccc2cnccc12. The highest BCUT2D eigenvalue weighted by Crippen LogP contribution is 2.49. The second-order valence-corrected chi connectivity index (χ2v) is 7.94. The first-order valence-corrected chi connectivity index (χ1v) is 9.82. The fourth-order valence-electron chi connectivity index (χ4n) is 4.33. The third-order valence-corrected chi connectivity index (χ3v) is 5.95. The van der Waals surface area contributed by atoms with Crippen molar-refractivity contribution in [3.8, 4) is 5.75 Å². The zero-order chi connectivity index (χ0) is 19.1. The smallest absolute Gasteiger partial charge is 0.319 e. The lowest BCUT2D eigenvalue weighted by Gasteiger charge is -2.48. The molecule has 5 heteroatoms. The molecule has 5 nitrogen and oxygen atoms in total. The molecule has 1 fully saturated rings. The Balaban J connectivity index is 1.40. The molecule has 1 spiro atoms. The molecule has 142 valence electrons. The van der Waals surface area contributed by atoms with E-state index in [2.05, 4.69) is 40.7 Å². The number of hydrogen-bond donors (Lipinski definition) is 2. The van der Waals surface area contributed by atoms with Crippen LogP contribution in [0.2, 0.25) is 0 Å². The van der Waals surface area contributed by atoms with Gasteiger partial charge in [-0.05, 0) is 49.9 Å². The number of benzene rings is 2. The number of urea groups is 1. The average Bonchev–Trinajstić information content (AvgIpc) is 2.66. The summed E-state index contributed by atoms with van der Waals surface area (Å²) in [6.07, 6.45) is 7.64. The van der Waals surface area contributed by atoms with Gasteiger partial charge < -0.3 is 15.4 Å². The van der Waals surface area contributed by atoms with Crippen LogP contribution in [-0.4, -0.2) is 16.6 Å². The van der Waals surface area contributed by atoms with Gasteiger partial charge >= 0.3 is 6.03 Å². The molecule has 2 aliphatic rings. The van der Waals surface area contributed by atoms with Crippen molar-refractivity contribution in [2.75, 3.05) is 5.32 Å². The lowest BCUT2D eigenvalue weighted by molar-refractivity contribution is -0.0354. The summed E-state index contributed by atoms with van der Waals surface area (Å²) >= 11 is 0. The van der Waals surface area contributed by atoms with Gasteiger partial charge in [0, 0.05) is 35.2 Å². The van der Waals surface area contributed by atoms with E-state index < -0.39 is 0 Å². The summed E-state index contributed by atoms with van der Waals surface area (Å²) in [6, 6.07) is 13.7. The second-order valence-electron chi connectivity index (χ2n) is 7.94. The number of anilines is 1. The van der Waals surface area contributed by atoms with Crippen molar-refractivity contribution in [3.63, 3.8) is 0 Å². The van der Waals surface area contributed by atoms with Crippen molar-refractivity contribution in [1.82, 2.24) is 10.3 Å². The molecule has 5 rings (SSSR count). The summed E-state index contributed by atoms with van der Waals surface area (Å²) in [7, 11) is 0. The number of aromatic nitrogens is 1. The van der Waals surface area contributed by atoms with Crippen LogP contribution < -0.4 is 15.4 Å². The van der Waals surface area contributed by atoms with Crippen LogP contribution in [0.1, 0.15) is 42.9 Å². The van der Waals surface area contributed by atoms with Gasteiger partial charge in [-0.15, -0.1) is 0 Å². The Kier molecular flexibility index (Phi) is 3.97. The van der Waals surface area contributed by atoms with E-state index in [-0.39, 0.29) is 17.7 Å². The summed E-state index contributed by atoms with van der Waals surface area (Å²) in [4.78, 5) is 17.0. The quantitative estimate of drug-likeness (QED) is 0.656. The fourth-order valence-corrected chi connectivity index (χ4v) is 4.33. The molecule has 1 aliphatic carbocycles. The number of amides is 2. The Bertz CT molecular complexity index is 1050. The molecular formula is C23H23N3O2. The zero-order valence-electron chi connectivity index (χ0n) is 15.9. The number of nitrogens with zero attached hydrogens (tertiary/aromatic N) is 1. The Hall–Kier alpha value is -3.08. The Labute approximate surface area is 164 Å². The van der Waals surface area contributed by atoms with Crippen molar-refractivity contribution in [2.45, 2.75) is 44.2 Å². The largest absolute Gasteiger partial charge is 0.487 e. The van der Waals surface area contributed by atoms with Gasteiger partial charge in [-0.25, -0.2) is 4.79 Å². The minimum absolute atomic E-state index is 0.0544. The molecule has 1 unspecified atom stereocenters. The van der Waals surface area contributed by atoms with Gasteiger partial charge in [-0.3, -0.25) is 4.98 Å². The molecule has 2 aromatic carbocycles. The van der Waals surface area contributed by atoms with E-state index in [9.17, 15) is 4.79 Å². The van der Waals surface area contributed by atoms with E-state index in [1.54, 1.807) is 12.4 Å². The van der Waals surface area contributed by atoms with E-state index in [1.165, 1.54) is 12.0 Å². The van der Waals surface area contributed by atoms with Gasteiger partial charge in [-0.1, -0.05) is 24.3 Å². The van der Waals surface area contributed by atoms with Gasteiger partial charge in [0.2, 0.25) is 0 Å². The van der Waals surface area contributed by atoms with E-state index in [4.69, 9.17) is 4.74 Å². The number of carbonyl (C=O) groups excluding carboxylic acids is 1. The number of aryl methyl sites for hydroxylation is 1. The molecule has 2 amide bonds. The molecule has 1 aromatic heterocycles. The van der Waals surface area contributed by atoms with Gasteiger partial charge in [0.05, 0.1) is 11.7 Å². The van der Waals surface area contributed by atoms with Gasteiger partial charge in [0.15, 0.2) is 0 Å². The first-order chi connectivity index (χ1) is 13.6. The van der Waals surface area contributed by atoms with Crippen molar-refractivity contribution in [1.29, 1.82) is 0 Å². The number of fused-ring (bicyclic) bond motifs is 2. The number of nitrogens with one attached hydrogen (secondary N) is 2. The maximum absolute atomic E-state index is 12.8. The van der Waals surface area contributed by atoms with Crippen LogP contribution in [-0.2, 0) is 0 Å². The number of ether oxygens (including phenoxy) is 1. The highest BCUT2D eigenvalue weighted by atomic mass is 16.5. The summed E-state index contributed by atoms with van der Waals surface area (Å²) < 4.78 is 6.35. The molecule has 1 aliphatic heterocycles. The molecule has 2 heterocycles. The zero-order valence-corrected chi connectivity index (χ0v) is 15.9. The minimum Gasteiger partial charge on any atom is -0.487 e. The Morgan fingerprint density at radius 1 is 1.21 bits per heavy atom. The normalized spacial score (nSPS) is 19.4. The van der Waals surface area contributed by atoms with Gasteiger partial charge in [-0.2, -0.15) is 0 Å². The predicted molar refractivity (Wildman–Crippen MR) is 110 cm³/mol. The van der Waals surface area contributed by atoms with Crippen molar-refractivity contribution in [3.05, 3.63) is 66.0 Å². The summed E-state index contributed by atoms with van der Waals surface area (Å²) in [6.45, 7) is 2.07. The Morgan fingerprint density at radius 2 is 2.11 bits per heavy atom. The molecule has 1 saturated carbocycles. The van der Waals surface area contributed by atoms with Crippen LogP contribution in [0.4, 0.5) is 10.5 Å². The number of hydrogen-bond acceptors (Lipinski definition) is 3. The average molecular weight is 373 g/mol. The minimum atomic E-state index is -0.197. The lowest BCUT2D eigenvalue weighted by atomic mass is 9.73. The molecular weight excluding hydrogens is 350 g/mol. The number of rotatable bonds is 2. The predicted octanol–water partition coefficient (Wildman–Crippen LogP) is 5.11. The van der Waals surface area contributed by atoms with Crippen LogP contribution in [0, 0.1) is 6.92 Å². The molecule has 28 heavy (non-hydrogen) atoms. The topological polar surface area (TPSA) is 63.2 Å². The third kappa shape index (κ3) is 2.97. The highest BCUT2D eigenvalue weighted by Gasteiger charge is 2.45. The van der Waals surface area contributed by atoms with Crippen LogP contribution in [0.25, 0.3) is 10.8 Å². The molecule has 2 N–H and O–H groups in total. The highest BCUT2D eigenvalue weighted by molar-refractivity contribution is 6.01. The summed E-state index contributed by atoms with van der Waals surface area (Å²) in [5.74, 6) is 0.910. The van der Waals surface area contributed by atoms with Crippen LogP contribution >= 0.6 is 0 Å². The van der Waals surface area contributed by atoms with Crippen molar-refractivity contribution >= 4 is 22.5 Å². The van der Waals surface area contributed by atoms with Gasteiger partial charge in [0.25, 0.3) is 0 Å². The van der Waals surface area contributed by atoms with Crippen molar-refractivity contribution < 1.29 is 9.53 Å².